The molecule has 20 heavy (non-hydrogen) atoms. The van der Waals surface area contributed by atoms with Gasteiger partial charge in [-0.2, -0.15) is 0 Å². The van der Waals surface area contributed by atoms with Crippen molar-refractivity contribution in [2.75, 3.05) is 5.73 Å². The summed E-state index contributed by atoms with van der Waals surface area (Å²) in [7, 11) is 0. The summed E-state index contributed by atoms with van der Waals surface area (Å²) in [5, 5.41) is 2.07. The lowest BCUT2D eigenvalue weighted by atomic mass is 10.2. The molecule has 0 saturated heterocycles. The maximum absolute atomic E-state index is 6.97. The van der Waals surface area contributed by atoms with Gasteiger partial charge in [0.2, 0.25) is 5.82 Å². The third-order valence-corrected chi connectivity index (χ3v) is 2.77. The number of fused-ring (bicyclic) bond motifs is 1. The fraction of sp³-hybridized carbons (Fsp3) is 0. The molecule has 0 aliphatic heterocycles. The third-order valence-electron chi connectivity index (χ3n) is 2.77. The Labute approximate surface area is 115 Å². The molecule has 2 N–H and O–H groups in total. The number of nitrogens with two attached hydrogens (primary N) is 1. The van der Waals surface area contributed by atoms with E-state index in [0.717, 1.165) is 10.8 Å². The van der Waals surface area contributed by atoms with E-state index in [2.05, 4.69) is 14.8 Å². The maximum Gasteiger partial charge on any atom is 0.275 e. The molecule has 3 rings (SSSR count). The highest BCUT2D eigenvalue weighted by Gasteiger charge is 2.05. The molecule has 0 saturated carbocycles. The van der Waals surface area contributed by atoms with Crippen molar-refractivity contribution in [1.29, 1.82) is 0 Å². The second-order valence-corrected chi connectivity index (χ2v) is 4.18. The molecule has 0 aliphatic rings. The van der Waals surface area contributed by atoms with Crippen LogP contribution in [0.3, 0.4) is 0 Å². The summed E-state index contributed by atoms with van der Waals surface area (Å²) in [5.41, 5.74) is 5.63. The van der Waals surface area contributed by atoms with Gasteiger partial charge in [0.05, 0.1) is 0 Å². The standard InChI is InChI=1S/C15H10N4O/c1-17-15-8-13(7-14(16)19-15)20-12-3-2-10-4-5-18-9-11(10)6-12/h2-9H,(H2,16,19). The second kappa shape index (κ2) is 4.86. The lowest BCUT2D eigenvalue weighted by Gasteiger charge is -2.07. The molecular weight excluding hydrogens is 252 g/mol. The Hall–Kier alpha value is -3.13. The zero-order chi connectivity index (χ0) is 13.9. The SMILES string of the molecule is [C-]#[N+]c1cc(Oc2ccc3ccncc3c2)cc(N)n1. The summed E-state index contributed by atoms with van der Waals surface area (Å²) in [6.07, 6.45) is 3.52. The first-order valence-electron chi connectivity index (χ1n) is 5.91. The van der Waals surface area contributed by atoms with E-state index >= 15 is 0 Å². The minimum absolute atomic E-state index is 0.211. The zero-order valence-corrected chi connectivity index (χ0v) is 10.4. The Bertz CT molecular complexity index is 823. The molecular formula is C15H10N4O. The van der Waals surface area contributed by atoms with Crippen LogP contribution in [0.15, 0.2) is 48.8 Å². The highest BCUT2D eigenvalue weighted by atomic mass is 16.5. The molecule has 2 heterocycles. The van der Waals surface area contributed by atoms with Gasteiger partial charge in [0.15, 0.2) is 0 Å². The van der Waals surface area contributed by atoms with Crippen molar-refractivity contribution in [3.8, 4) is 11.5 Å². The Morgan fingerprint density at radius 3 is 2.80 bits per heavy atom. The third kappa shape index (κ3) is 2.35. The van der Waals surface area contributed by atoms with Gasteiger partial charge in [-0.1, -0.05) is 12.6 Å². The van der Waals surface area contributed by atoms with Gasteiger partial charge in [-0.05, 0) is 23.6 Å². The van der Waals surface area contributed by atoms with Crippen molar-refractivity contribution >= 4 is 22.4 Å². The average Bonchev–Trinajstić information content (AvgIpc) is 2.46. The molecule has 3 aromatic rings. The molecule has 0 spiro atoms. The number of pyridine rings is 2. The highest BCUT2D eigenvalue weighted by Crippen LogP contribution is 2.28. The van der Waals surface area contributed by atoms with Crippen LogP contribution in [0, 0.1) is 6.57 Å². The lowest BCUT2D eigenvalue weighted by Crippen LogP contribution is -1.91. The number of hydrogen-bond donors (Lipinski definition) is 1. The quantitative estimate of drug-likeness (QED) is 0.717. The smallest absolute Gasteiger partial charge is 0.275 e. The van der Waals surface area contributed by atoms with Crippen LogP contribution in [-0.4, -0.2) is 9.97 Å². The summed E-state index contributed by atoms with van der Waals surface area (Å²) in [4.78, 5) is 11.2. The average molecular weight is 262 g/mol. The van der Waals surface area contributed by atoms with Gasteiger partial charge in [0, 0.05) is 29.9 Å². The molecule has 2 aromatic heterocycles. The van der Waals surface area contributed by atoms with Crippen LogP contribution in [0.4, 0.5) is 11.6 Å². The Morgan fingerprint density at radius 2 is 1.95 bits per heavy atom. The number of anilines is 1. The van der Waals surface area contributed by atoms with Crippen molar-refractivity contribution in [2.45, 2.75) is 0 Å². The van der Waals surface area contributed by atoms with Gasteiger partial charge in [0.1, 0.15) is 11.5 Å². The Balaban J connectivity index is 1.97. The van der Waals surface area contributed by atoms with Gasteiger partial charge in [0.25, 0.3) is 5.82 Å². The van der Waals surface area contributed by atoms with E-state index in [9.17, 15) is 0 Å². The van der Waals surface area contributed by atoms with Crippen LogP contribution in [0.1, 0.15) is 0 Å². The van der Waals surface area contributed by atoms with E-state index in [-0.39, 0.29) is 11.6 Å². The number of ether oxygens (including phenoxy) is 1. The topological polar surface area (TPSA) is 65.4 Å². The van der Waals surface area contributed by atoms with E-state index in [1.54, 1.807) is 24.5 Å². The van der Waals surface area contributed by atoms with Crippen LogP contribution < -0.4 is 10.5 Å². The van der Waals surface area contributed by atoms with Crippen LogP contribution in [0.5, 0.6) is 11.5 Å². The van der Waals surface area contributed by atoms with Crippen LogP contribution in [-0.2, 0) is 0 Å². The molecule has 5 nitrogen and oxygen atoms in total. The number of hydrogen-bond acceptors (Lipinski definition) is 4. The normalized spacial score (nSPS) is 10.2. The summed E-state index contributed by atoms with van der Waals surface area (Å²) < 4.78 is 5.72. The molecule has 0 atom stereocenters. The van der Waals surface area contributed by atoms with Crippen molar-refractivity contribution in [2.24, 2.45) is 0 Å². The van der Waals surface area contributed by atoms with E-state index in [0.29, 0.717) is 11.5 Å². The van der Waals surface area contributed by atoms with Crippen LogP contribution in [0.2, 0.25) is 0 Å². The van der Waals surface area contributed by atoms with Crippen molar-refractivity contribution in [3.63, 3.8) is 0 Å². The van der Waals surface area contributed by atoms with E-state index in [1.807, 2.05) is 24.3 Å². The molecule has 0 aliphatic carbocycles. The first kappa shape index (κ1) is 11.9. The first-order chi connectivity index (χ1) is 9.74. The zero-order valence-electron chi connectivity index (χ0n) is 10.4. The lowest BCUT2D eigenvalue weighted by molar-refractivity contribution is 0.483. The molecule has 0 amide bonds. The number of nitrogen functional groups attached to an aromatic ring is 1. The highest BCUT2D eigenvalue weighted by molar-refractivity contribution is 5.82. The number of benzene rings is 1. The molecule has 0 bridgehead atoms. The molecule has 96 valence electrons. The molecule has 0 radical (unpaired) electrons. The van der Waals surface area contributed by atoms with Gasteiger partial charge in [-0.3, -0.25) is 4.98 Å². The predicted molar refractivity (Wildman–Crippen MR) is 76.7 cm³/mol. The van der Waals surface area contributed by atoms with Crippen LogP contribution >= 0.6 is 0 Å². The summed E-state index contributed by atoms with van der Waals surface area (Å²) in [6, 6.07) is 10.8. The van der Waals surface area contributed by atoms with Gasteiger partial charge >= 0.3 is 0 Å². The summed E-state index contributed by atoms with van der Waals surface area (Å²) in [6.45, 7) is 6.97. The Kier molecular flexibility index (Phi) is 2.90. The fourth-order valence-electron chi connectivity index (χ4n) is 1.89. The minimum atomic E-state index is 0.211. The Morgan fingerprint density at radius 1 is 1.05 bits per heavy atom. The second-order valence-electron chi connectivity index (χ2n) is 4.18. The number of aromatic nitrogens is 2. The summed E-state index contributed by atoms with van der Waals surface area (Å²) >= 11 is 0. The monoisotopic (exact) mass is 262 g/mol. The van der Waals surface area contributed by atoms with Crippen molar-refractivity contribution in [3.05, 3.63) is 60.2 Å². The molecule has 0 unspecified atom stereocenters. The molecule has 1 aromatic carbocycles. The molecule has 0 fully saturated rings. The van der Waals surface area contributed by atoms with Crippen LogP contribution in [0.25, 0.3) is 15.6 Å². The van der Waals surface area contributed by atoms with Gasteiger partial charge in [-0.25, -0.2) is 0 Å². The van der Waals surface area contributed by atoms with E-state index in [4.69, 9.17) is 17.0 Å². The predicted octanol–water partition coefficient (Wildman–Crippen LogP) is 3.56. The van der Waals surface area contributed by atoms with E-state index < -0.39 is 0 Å². The van der Waals surface area contributed by atoms with E-state index in [1.165, 1.54) is 0 Å². The number of rotatable bonds is 2. The van der Waals surface area contributed by atoms with Crippen molar-refractivity contribution in [1.82, 2.24) is 9.97 Å². The maximum atomic E-state index is 6.97. The molecule has 5 heteroatoms. The van der Waals surface area contributed by atoms with Crippen molar-refractivity contribution < 1.29 is 4.74 Å². The minimum Gasteiger partial charge on any atom is -0.458 e. The number of nitrogens with zero attached hydrogens (tertiary/aromatic N) is 3. The summed E-state index contributed by atoms with van der Waals surface area (Å²) in [5.74, 6) is 1.62. The fourth-order valence-corrected chi connectivity index (χ4v) is 1.89. The van der Waals surface area contributed by atoms with Gasteiger partial charge in [-0.15, -0.1) is 4.98 Å². The largest absolute Gasteiger partial charge is 0.458 e. The van der Waals surface area contributed by atoms with Gasteiger partial charge < -0.3 is 15.3 Å². The first-order valence-corrected chi connectivity index (χ1v) is 5.91.